The molecule has 0 aliphatic carbocycles. The molecule has 7 nitrogen and oxygen atoms in total. The Labute approximate surface area is 181 Å². The maximum atomic E-state index is 12.9. The van der Waals surface area contributed by atoms with Crippen LogP contribution in [0.15, 0.2) is 59.1 Å². The van der Waals surface area contributed by atoms with Crippen LogP contribution < -0.4 is 10.5 Å². The van der Waals surface area contributed by atoms with E-state index in [4.69, 9.17) is 15.0 Å². The number of likely N-dealkylation sites (tertiary alicyclic amines) is 1. The van der Waals surface area contributed by atoms with Crippen molar-refractivity contribution in [1.29, 1.82) is 0 Å². The van der Waals surface area contributed by atoms with Gasteiger partial charge in [0.15, 0.2) is 6.61 Å². The molecule has 0 saturated carbocycles. The minimum atomic E-state index is -0.0630. The predicted octanol–water partition coefficient (Wildman–Crippen LogP) is 3.20. The van der Waals surface area contributed by atoms with Crippen molar-refractivity contribution >= 4 is 18.3 Å². The summed E-state index contributed by atoms with van der Waals surface area (Å²) in [5.41, 5.74) is 8.10. The number of halogens is 1. The van der Waals surface area contributed by atoms with Crippen molar-refractivity contribution in [1.82, 2.24) is 15.0 Å². The Bertz CT molecular complexity index is 962. The fourth-order valence-corrected chi connectivity index (χ4v) is 3.56. The van der Waals surface area contributed by atoms with E-state index in [2.05, 4.69) is 22.3 Å². The highest BCUT2D eigenvalue weighted by molar-refractivity contribution is 5.94. The van der Waals surface area contributed by atoms with Crippen LogP contribution in [-0.2, 0) is 13.0 Å². The summed E-state index contributed by atoms with van der Waals surface area (Å²) in [4.78, 5) is 18.9. The number of nitrogens with two attached hydrogens (primary N) is 1. The van der Waals surface area contributed by atoms with Crippen molar-refractivity contribution in [2.24, 2.45) is 5.73 Å². The number of nitrogens with zero attached hydrogens (tertiary/aromatic N) is 3. The van der Waals surface area contributed by atoms with Gasteiger partial charge >= 0.3 is 0 Å². The van der Waals surface area contributed by atoms with E-state index in [-0.39, 0.29) is 36.9 Å². The number of amides is 1. The molecular formula is C22H25ClN4O3. The number of hydrogen-bond donors (Lipinski definition) is 1. The Balaban J connectivity index is 0.00000256. The number of carbonyl (C=O) groups is 1. The molecule has 0 spiro atoms. The standard InChI is InChI=1S/C22H24N4O3.ClH/c1-2-21-24-20(25-29-21)14-28-17-10-8-16(9-11-17)22(27)26-12-18(19(23)13-26)15-6-4-3-5-7-15;/h3-11,18-19H,2,12-14,23H2,1H3;1H/t18-,19+;/m0./s1. The lowest BCUT2D eigenvalue weighted by molar-refractivity contribution is 0.0789. The third-order valence-electron chi connectivity index (χ3n) is 5.16. The Hall–Kier alpha value is -2.90. The molecule has 158 valence electrons. The molecular weight excluding hydrogens is 404 g/mol. The Morgan fingerprint density at radius 3 is 2.57 bits per heavy atom. The molecule has 0 radical (unpaired) electrons. The molecule has 2 heterocycles. The zero-order chi connectivity index (χ0) is 20.2. The van der Waals surface area contributed by atoms with Crippen molar-refractivity contribution < 1.29 is 14.1 Å². The summed E-state index contributed by atoms with van der Waals surface area (Å²) in [5, 5.41) is 3.86. The summed E-state index contributed by atoms with van der Waals surface area (Å²) in [6.45, 7) is 3.34. The van der Waals surface area contributed by atoms with Gasteiger partial charge in [-0.25, -0.2) is 0 Å². The number of rotatable bonds is 6. The van der Waals surface area contributed by atoms with Gasteiger partial charge in [0.25, 0.3) is 5.91 Å². The van der Waals surface area contributed by atoms with Crippen molar-refractivity contribution in [3.8, 4) is 5.75 Å². The average Bonchev–Trinajstić information content (AvgIpc) is 3.39. The second-order valence-corrected chi connectivity index (χ2v) is 7.16. The number of aryl methyl sites for hydroxylation is 1. The predicted molar refractivity (Wildman–Crippen MR) is 115 cm³/mol. The van der Waals surface area contributed by atoms with E-state index in [9.17, 15) is 4.79 Å². The molecule has 0 unspecified atom stereocenters. The second kappa shape index (κ2) is 9.73. The lowest BCUT2D eigenvalue weighted by atomic mass is 9.95. The molecule has 1 saturated heterocycles. The number of aromatic nitrogens is 2. The van der Waals surface area contributed by atoms with Crippen molar-refractivity contribution in [3.05, 3.63) is 77.4 Å². The third-order valence-corrected chi connectivity index (χ3v) is 5.16. The van der Waals surface area contributed by atoms with Gasteiger partial charge < -0.3 is 19.9 Å². The molecule has 1 aromatic heterocycles. The van der Waals surface area contributed by atoms with E-state index >= 15 is 0 Å². The van der Waals surface area contributed by atoms with Crippen molar-refractivity contribution in [2.75, 3.05) is 13.1 Å². The van der Waals surface area contributed by atoms with Gasteiger partial charge in [-0.15, -0.1) is 12.4 Å². The second-order valence-electron chi connectivity index (χ2n) is 7.16. The largest absolute Gasteiger partial charge is 0.485 e. The van der Waals surface area contributed by atoms with Crippen molar-refractivity contribution in [3.63, 3.8) is 0 Å². The van der Waals surface area contributed by atoms with Gasteiger partial charge in [0.1, 0.15) is 5.75 Å². The molecule has 8 heteroatoms. The molecule has 3 aromatic rings. The van der Waals surface area contributed by atoms with Crippen LogP contribution in [0.25, 0.3) is 0 Å². The highest BCUT2D eigenvalue weighted by atomic mass is 35.5. The molecule has 1 amide bonds. The maximum absolute atomic E-state index is 12.9. The van der Waals surface area contributed by atoms with Crippen LogP contribution >= 0.6 is 12.4 Å². The quantitative estimate of drug-likeness (QED) is 0.647. The number of hydrogen-bond acceptors (Lipinski definition) is 6. The third kappa shape index (κ3) is 4.80. The van der Waals surface area contributed by atoms with Gasteiger partial charge in [0.05, 0.1) is 0 Å². The van der Waals surface area contributed by atoms with Gasteiger partial charge in [-0.2, -0.15) is 4.98 Å². The van der Waals surface area contributed by atoms with Crippen LogP contribution in [0.3, 0.4) is 0 Å². The normalized spacial score (nSPS) is 18.1. The first-order chi connectivity index (χ1) is 14.1. The van der Waals surface area contributed by atoms with Gasteiger partial charge in [-0.05, 0) is 29.8 Å². The fraction of sp³-hybridized carbons (Fsp3) is 0.318. The van der Waals surface area contributed by atoms with Gasteiger partial charge in [-0.3, -0.25) is 4.79 Å². The van der Waals surface area contributed by atoms with E-state index in [1.807, 2.05) is 30.0 Å². The van der Waals surface area contributed by atoms with E-state index in [1.54, 1.807) is 24.3 Å². The summed E-state index contributed by atoms with van der Waals surface area (Å²) in [6.07, 6.45) is 0.690. The molecule has 2 aromatic carbocycles. The van der Waals surface area contributed by atoms with E-state index < -0.39 is 0 Å². The number of carbonyl (C=O) groups excluding carboxylic acids is 1. The lowest BCUT2D eigenvalue weighted by Crippen LogP contribution is -2.32. The summed E-state index contributed by atoms with van der Waals surface area (Å²) in [5.74, 6) is 1.87. The maximum Gasteiger partial charge on any atom is 0.253 e. The van der Waals surface area contributed by atoms with Crippen LogP contribution in [0.5, 0.6) is 5.75 Å². The highest BCUT2D eigenvalue weighted by Gasteiger charge is 2.34. The summed E-state index contributed by atoms with van der Waals surface area (Å²) in [7, 11) is 0. The van der Waals surface area contributed by atoms with Crippen LogP contribution in [-0.4, -0.2) is 40.1 Å². The first-order valence-corrected chi connectivity index (χ1v) is 9.78. The van der Waals surface area contributed by atoms with Crippen LogP contribution in [0.1, 0.15) is 40.5 Å². The van der Waals surface area contributed by atoms with Gasteiger partial charge in [-0.1, -0.05) is 42.4 Å². The first-order valence-electron chi connectivity index (χ1n) is 9.78. The summed E-state index contributed by atoms with van der Waals surface area (Å²) < 4.78 is 10.7. The van der Waals surface area contributed by atoms with E-state index in [0.717, 1.165) is 0 Å². The van der Waals surface area contributed by atoms with E-state index in [0.29, 0.717) is 42.5 Å². The molecule has 0 bridgehead atoms. The highest BCUT2D eigenvalue weighted by Crippen LogP contribution is 2.27. The minimum absolute atomic E-state index is 0. The SMILES string of the molecule is CCc1nc(COc2ccc(C(=O)N3C[C@@H](N)[C@H](c4ccccc4)C3)cc2)no1.Cl. The Morgan fingerprint density at radius 1 is 1.17 bits per heavy atom. The van der Waals surface area contributed by atoms with Crippen LogP contribution in [0, 0.1) is 0 Å². The topological polar surface area (TPSA) is 94.5 Å². The molecule has 4 rings (SSSR count). The monoisotopic (exact) mass is 428 g/mol. The average molecular weight is 429 g/mol. The van der Waals surface area contributed by atoms with Crippen LogP contribution in [0.4, 0.5) is 0 Å². The molecule has 2 N–H and O–H groups in total. The zero-order valence-corrected chi connectivity index (χ0v) is 17.5. The summed E-state index contributed by atoms with van der Waals surface area (Å²) in [6, 6.07) is 17.2. The molecule has 1 fully saturated rings. The Morgan fingerprint density at radius 2 is 1.90 bits per heavy atom. The van der Waals surface area contributed by atoms with Crippen LogP contribution in [0.2, 0.25) is 0 Å². The molecule has 30 heavy (non-hydrogen) atoms. The number of benzene rings is 2. The molecule has 2 atom stereocenters. The smallest absolute Gasteiger partial charge is 0.253 e. The number of ether oxygens (including phenoxy) is 1. The fourth-order valence-electron chi connectivity index (χ4n) is 3.56. The molecule has 1 aliphatic rings. The lowest BCUT2D eigenvalue weighted by Gasteiger charge is -2.17. The first kappa shape index (κ1) is 21.8. The van der Waals surface area contributed by atoms with Gasteiger partial charge in [0.2, 0.25) is 11.7 Å². The molecule has 1 aliphatic heterocycles. The Kier molecular flexibility index (Phi) is 7.07. The van der Waals surface area contributed by atoms with E-state index in [1.165, 1.54) is 5.56 Å². The van der Waals surface area contributed by atoms with Gasteiger partial charge in [0, 0.05) is 37.0 Å². The summed E-state index contributed by atoms with van der Waals surface area (Å²) >= 11 is 0. The minimum Gasteiger partial charge on any atom is -0.485 e. The zero-order valence-electron chi connectivity index (χ0n) is 16.7. The van der Waals surface area contributed by atoms with Crippen molar-refractivity contribution in [2.45, 2.75) is 31.9 Å².